The summed E-state index contributed by atoms with van der Waals surface area (Å²) in [7, 11) is 0. The third kappa shape index (κ3) is 3.61. The molecule has 1 aromatic rings. The highest BCUT2D eigenvalue weighted by atomic mass is 19.4. The van der Waals surface area contributed by atoms with Gasteiger partial charge in [-0.3, -0.25) is 4.79 Å². The van der Waals surface area contributed by atoms with E-state index in [-0.39, 0.29) is 37.5 Å². The van der Waals surface area contributed by atoms with Crippen LogP contribution in [0.15, 0.2) is 18.3 Å². The third-order valence-corrected chi connectivity index (χ3v) is 3.61. The lowest BCUT2D eigenvalue weighted by Gasteiger charge is -2.29. The van der Waals surface area contributed by atoms with Crippen LogP contribution in [0.4, 0.5) is 24.7 Å². The number of nitrogens with two attached hydrogens (primary N) is 1. The lowest BCUT2D eigenvalue weighted by Crippen LogP contribution is -2.32. The van der Waals surface area contributed by atoms with Crippen molar-refractivity contribution in [3.05, 3.63) is 18.3 Å². The molecule has 3 N–H and O–H groups in total. The number of hydrogen-bond donors (Lipinski definition) is 2. The molecule has 0 radical (unpaired) electrons. The summed E-state index contributed by atoms with van der Waals surface area (Å²) in [5, 5.41) is 2.65. The standard InChI is InChI=1S/C13H16F3N3O/c14-13(15,16)9-3-1-8(2-4-9)12(20)19-10-5-6-11(17)18-7-10/h5-9H,1-4H2,(H2,17,18)(H,19,20). The molecule has 0 aromatic carbocycles. The van der Waals surface area contributed by atoms with Crippen molar-refractivity contribution in [2.75, 3.05) is 11.1 Å². The average Bonchev–Trinajstić information content (AvgIpc) is 2.40. The molecular weight excluding hydrogens is 271 g/mol. The summed E-state index contributed by atoms with van der Waals surface area (Å²) >= 11 is 0. The number of nitrogens with one attached hydrogen (secondary N) is 1. The van der Waals surface area contributed by atoms with Crippen LogP contribution in [0.2, 0.25) is 0 Å². The first-order valence-electron chi connectivity index (χ1n) is 6.45. The topological polar surface area (TPSA) is 68.0 Å². The van der Waals surface area contributed by atoms with Crippen molar-refractivity contribution in [2.45, 2.75) is 31.9 Å². The van der Waals surface area contributed by atoms with Gasteiger partial charge in [-0.25, -0.2) is 4.98 Å². The van der Waals surface area contributed by atoms with Crippen LogP contribution in [-0.4, -0.2) is 17.1 Å². The summed E-state index contributed by atoms with van der Waals surface area (Å²) in [5.74, 6) is -1.55. The number of amides is 1. The summed E-state index contributed by atoms with van der Waals surface area (Å²) in [6.45, 7) is 0. The number of pyridine rings is 1. The van der Waals surface area contributed by atoms with Gasteiger partial charge in [0.1, 0.15) is 5.82 Å². The third-order valence-electron chi connectivity index (χ3n) is 3.61. The van der Waals surface area contributed by atoms with Crippen LogP contribution in [0, 0.1) is 11.8 Å². The molecule has 1 aliphatic carbocycles. The summed E-state index contributed by atoms with van der Waals surface area (Å²) in [5.41, 5.74) is 5.93. The van der Waals surface area contributed by atoms with E-state index >= 15 is 0 Å². The Hall–Kier alpha value is -1.79. The van der Waals surface area contributed by atoms with E-state index in [1.165, 1.54) is 6.20 Å². The highest BCUT2D eigenvalue weighted by Gasteiger charge is 2.42. The Morgan fingerprint density at radius 2 is 1.90 bits per heavy atom. The van der Waals surface area contributed by atoms with E-state index in [2.05, 4.69) is 10.3 Å². The second-order valence-corrected chi connectivity index (χ2v) is 5.05. The molecule has 20 heavy (non-hydrogen) atoms. The van der Waals surface area contributed by atoms with Crippen molar-refractivity contribution in [1.29, 1.82) is 0 Å². The minimum Gasteiger partial charge on any atom is -0.384 e. The molecule has 1 heterocycles. The largest absolute Gasteiger partial charge is 0.391 e. The number of carbonyl (C=O) groups excluding carboxylic acids is 1. The van der Waals surface area contributed by atoms with Crippen molar-refractivity contribution in [3.8, 4) is 0 Å². The maximum atomic E-state index is 12.5. The lowest BCUT2D eigenvalue weighted by atomic mass is 9.81. The molecule has 2 rings (SSSR count). The van der Waals surface area contributed by atoms with Gasteiger partial charge >= 0.3 is 6.18 Å². The normalized spacial score (nSPS) is 23.4. The number of nitrogens with zero attached hydrogens (tertiary/aromatic N) is 1. The molecule has 7 heteroatoms. The average molecular weight is 287 g/mol. The van der Waals surface area contributed by atoms with Crippen LogP contribution < -0.4 is 11.1 Å². The molecule has 4 nitrogen and oxygen atoms in total. The van der Waals surface area contributed by atoms with Gasteiger partial charge in [-0.2, -0.15) is 13.2 Å². The van der Waals surface area contributed by atoms with E-state index in [1.54, 1.807) is 12.1 Å². The van der Waals surface area contributed by atoms with E-state index in [0.29, 0.717) is 11.5 Å². The molecule has 1 amide bonds. The second-order valence-electron chi connectivity index (χ2n) is 5.05. The Morgan fingerprint density at radius 3 is 2.40 bits per heavy atom. The van der Waals surface area contributed by atoms with Crippen molar-refractivity contribution in [3.63, 3.8) is 0 Å². The van der Waals surface area contributed by atoms with Crippen molar-refractivity contribution in [2.24, 2.45) is 11.8 Å². The number of rotatable bonds is 2. The highest BCUT2D eigenvalue weighted by Crippen LogP contribution is 2.39. The van der Waals surface area contributed by atoms with E-state index in [4.69, 9.17) is 5.73 Å². The highest BCUT2D eigenvalue weighted by molar-refractivity contribution is 5.92. The van der Waals surface area contributed by atoms with Gasteiger partial charge in [-0.15, -0.1) is 0 Å². The lowest BCUT2D eigenvalue weighted by molar-refractivity contribution is -0.184. The molecule has 1 saturated carbocycles. The Balaban J connectivity index is 1.87. The summed E-state index contributed by atoms with van der Waals surface area (Å²) in [6, 6.07) is 3.16. The molecule has 0 unspecified atom stereocenters. The molecule has 1 aromatic heterocycles. The van der Waals surface area contributed by atoms with Crippen LogP contribution >= 0.6 is 0 Å². The maximum Gasteiger partial charge on any atom is 0.391 e. The molecule has 1 aliphatic rings. The molecule has 1 fully saturated rings. The van der Waals surface area contributed by atoms with Gasteiger partial charge in [0, 0.05) is 5.92 Å². The number of alkyl halides is 3. The number of aromatic nitrogens is 1. The van der Waals surface area contributed by atoms with E-state index in [9.17, 15) is 18.0 Å². The number of anilines is 2. The number of nitrogen functional groups attached to an aromatic ring is 1. The first-order chi connectivity index (χ1) is 9.36. The zero-order valence-electron chi connectivity index (χ0n) is 10.8. The van der Waals surface area contributed by atoms with Crippen molar-refractivity contribution in [1.82, 2.24) is 4.98 Å². The van der Waals surface area contributed by atoms with Gasteiger partial charge < -0.3 is 11.1 Å². The van der Waals surface area contributed by atoms with Crippen LogP contribution in [0.1, 0.15) is 25.7 Å². The van der Waals surface area contributed by atoms with Gasteiger partial charge in [0.25, 0.3) is 0 Å². The van der Waals surface area contributed by atoms with Crippen molar-refractivity contribution >= 4 is 17.4 Å². The Kier molecular flexibility index (Phi) is 4.15. The van der Waals surface area contributed by atoms with Gasteiger partial charge in [0.05, 0.1) is 17.8 Å². The van der Waals surface area contributed by atoms with Crippen LogP contribution in [0.3, 0.4) is 0 Å². The fraction of sp³-hybridized carbons (Fsp3) is 0.538. The smallest absolute Gasteiger partial charge is 0.384 e. The predicted molar refractivity (Wildman–Crippen MR) is 68.8 cm³/mol. The molecule has 0 bridgehead atoms. The molecule has 0 aliphatic heterocycles. The fourth-order valence-electron chi connectivity index (χ4n) is 2.41. The van der Waals surface area contributed by atoms with Crippen molar-refractivity contribution < 1.29 is 18.0 Å². The first kappa shape index (κ1) is 14.6. The predicted octanol–water partition coefficient (Wildman–Crippen LogP) is 2.97. The number of carbonyl (C=O) groups is 1. The second kappa shape index (κ2) is 5.68. The molecule has 110 valence electrons. The Bertz CT molecular complexity index is 465. The molecule has 0 spiro atoms. The van der Waals surface area contributed by atoms with Gasteiger partial charge in [0.15, 0.2) is 0 Å². The minimum absolute atomic E-state index is 0.0155. The monoisotopic (exact) mass is 287 g/mol. The zero-order valence-corrected chi connectivity index (χ0v) is 10.8. The van der Waals surface area contributed by atoms with Crippen LogP contribution in [0.5, 0.6) is 0 Å². The van der Waals surface area contributed by atoms with E-state index in [0.717, 1.165) is 0 Å². The van der Waals surface area contributed by atoms with E-state index < -0.39 is 12.1 Å². The maximum absolute atomic E-state index is 12.5. The van der Waals surface area contributed by atoms with Gasteiger partial charge in [-0.05, 0) is 37.8 Å². The quantitative estimate of drug-likeness (QED) is 0.878. The number of halogens is 3. The Labute approximate surface area is 114 Å². The van der Waals surface area contributed by atoms with Gasteiger partial charge in [-0.1, -0.05) is 0 Å². The Morgan fingerprint density at radius 1 is 1.25 bits per heavy atom. The van der Waals surface area contributed by atoms with Crippen LogP contribution in [-0.2, 0) is 4.79 Å². The molecule has 0 saturated heterocycles. The summed E-state index contributed by atoms with van der Waals surface area (Å²) in [6.07, 6.45) is -2.17. The molecular formula is C13H16F3N3O. The number of hydrogen-bond acceptors (Lipinski definition) is 3. The molecule has 0 atom stereocenters. The first-order valence-corrected chi connectivity index (χ1v) is 6.45. The SMILES string of the molecule is Nc1ccc(NC(=O)C2CCC(C(F)(F)F)CC2)cn1. The zero-order chi connectivity index (χ0) is 14.8. The van der Waals surface area contributed by atoms with E-state index in [1.807, 2.05) is 0 Å². The fourth-order valence-corrected chi connectivity index (χ4v) is 2.41. The van der Waals surface area contributed by atoms with Gasteiger partial charge in [0.2, 0.25) is 5.91 Å². The summed E-state index contributed by atoms with van der Waals surface area (Å²) in [4.78, 5) is 15.8. The summed E-state index contributed by atoms with van der Waals surface area (Å²) < 4.78 is 37.6. The minimum atomic E-state index is -4.15. The van der Waals surface area contributed by atoms with Crippen LogP contribution in [0.25, 0.3) is 0 Å².